The highest BCUT2D eigenvalue weighted by Gasteiger charge is 2.23. The minimum Gasteiger partial charge on any atom is -0.218 e. The first-order valence-corrected chi connectivity index (χ1v) is 9.34. The summed E-state index contributed by atoms with van der Waals surface area (Å²) in [7, 11) is -3.81. The van der Waals surface area contributed by atoms with E-state index in [1.165, 1.54) is 12.1 Å². The number of hydrogen-bond donors (Lipinski definition) is 0. The summed E-state index contributed by atoms with van der Waals surface area (Å²) in [4.78, 5) is 0.120. The summed E-state index contributed by atoms with van der Waals surface area (Å²) in [5, 5.41) is 0.0241. The van der Waals surface area contributed by atoms with Gasteiger partial charge in [0.25, 0.3) is 0 Å². The molecule has 0 fully saturated rings. The highest BCUT2D eigenvalue weighted by Crippen LogP contribution is 2.33. The van der Waals surface area contributed by atoms with Gasteiger partial charge in [0.2, 0.25) is 9.84 Å². The maximum absolute atomic E-state index is 12.5. The Kier molecular flexibility index (Phi) is 5.24. The van der Waals surface area contributed by atoms with Crippen LogP contribution in [0, 0.1) is 0 Å². The molecule has 122 valence electrons. The number of rotatable bonds is 3. The molecule has 0 amide bonds. The number of hydrogen-bond acceptors (Lipinski definition) is 2. The zero-order valence-corrected chi connectivity index (χ0v) is 15.5. The van der Waals surface area contributed by atoms with E-state index in [-0.39, 0.29) is 19.7 Å². The molecule has 0 aliphatic carbocycles. The second-order valence-corrected chi connectivity index (χ2v) is 9.10. The Morgan fingerprint density at radius 2 is 1.39 bits per heavy atom. The van der Waals surface area contributed by atoms with E-state index < -0.39 is 9.84 Å². The lowest BCUT2D eigenvalue weighted by Crippen LogP contribution is -2.10. The Hall–Kier alpha value is -1.29. The first-order chi connectivity index (χ1) is 10.6. The molecule has 0 saturated heterocycles. The van der Waals surface area contributed by atoms with Crippen LogP contribution < -0.4 is 0 Å². The minimum absolute atomic E-state index is 0.00856. The van der Waals surface area contributed by atoms with Gasteiger partial charge in [0, 0.05) is 0 Å². The fraction of sp³-hybridized carbons (Fsp3) is 0.222. The van der Waals surface area contributed by atoms with Crippen LogP contribution in [0.2, 0.25) is 0 Å². The van der Waals surface area contributed by atoms with Crippen LogP contribution in [0.3, 0.4) is 0 Å². The van der Waals surface area contributed by atoms with Crippen molar-refractivity contribution in [2.45, 2.75) is 31.1 Å². The Balaban J connectivity index is 2.45. The van der Waals surface area contributed by atoms with Gasteiger partial charge in [-0.3, -0.25) is 0 Å². The number of sulfone groups is 1. The molecule has 0 bridgehead atoms. The molecule has 2 nitrogen and oxygen atoms in total. The zero-order valence-electron chi connectivity index (χ0n) is 13.2. The van der Waals surface area contributed by atoms with E-state index in [9.17, 15) is 8.42 Å². The molecule has 0 heterocycles. The van der Waals surface area contributed by atoms with Gasteiger partial charge in [-0.2, -0.15) is 0 Å². The van der Waals surface area contributed by atoms with Crippen LogP contribution in [0.15, 0.2) is 63.9 Å². The van der Waals surface area contributed by atoms with Gasteiger partial charge in [0.1, 0.15) is 0 Å². The van der Waals surface area contributed by atoms with Gasteiger partial charge in [-0.05, 0) is 28.7 Å². The third-order valence-corrected chi connectivity index (χ3v) is 6.45. The summed E-state index contributed by atoms with van der Waals surface area (Å²) >= 11 is 12.3. The summed E-state index contributed by atoms with van der Waals surface area (Å²) in [6.07, 6.45) is 0. The minimum atomic E-state index is -3.81. The average Bonchev–Trinajstić information content (AvgIpc) is 2.53. The Morgan fingerprint density at radius 1 is 0.870 bits per heavy atom. The second kappa shape index (κ2) is 6.68. The van der Waals surface area contributed by atoms with Crippen molar-refractivity contribution < 1.29 is 8.42 Å². The van der Waals surface area contributed by atoms with E-state index >= 15 is 0 Å². The molecule has 0 unspecified atom stereocenters. The van der Waals surface area contributed by atoms with Crippen molar-refractivity contribution in [1.82, 2.24) is 0 Å². The van der Waals surface area contributed by atoms with Crippen LogP contribution in [0.1, 0.15) is 31.9 Å². The quantitative estimate of drug-likeness (QED) is 0.710. The van der Waals surface area contributed by atoms with Crippen LogP contribution in [0.5, 0.6) is 0 Å². The first-order valence-electron chi connectivity index (χ1n) is 7.10. The molecule has 2 rings (SSSR count). The Morgan fingerprint density at radius 3 is 1.87 bits per heavy atom. The lowest BCUT2D eigenvalue weighted by molar-refractivity contribution is 0.590. The summed E-state index contributed by atoms with van der Waals surface area (Å²) in [6.45, 7) is 6.31. The van der Waals surface area contributed by atoms with Crippen molar-refractivity contribution in [3.63, 3.8) is 0 Å². The predicted molar refractivity (Wildman–Crippen MR) is 97.4 cm³/mol. The molecule has 0 aromatic heterocycles. The van der Waals surface area contributed by atoms with Crippen molar-refractivity contribution in [3.05, 3.63) is 70.1 Å². The largest absolute Gasteiger partial charge is 0.218 e. The van der Waals surface area contributed by atoms with Crippen LogP contribution in [-0.4, -0.2) is 8.42 Å². The molecule has 0 N–H and O–H groups in total. The van der Waals surface area contributed by atoms with Crippen LogP contribution in [0.25, 0.3) is 5.03 Å². The Labute approximate surface area is 147 Å². The third kappa shape index (κ3) is 3.97. The molecular formula is C18H18Cl2O2S. The van der Waals surface area contributed by atoms with Crippen molar-refractivity contribution in [3.8, 4) is 0 Å². The normalized spacial score (nSPS) is 13.6. The van der Waals surface area contributed by atoms with E-state index in [4.69, 9.17) is 23.2 Å². The summed E-state index contributed by atoms with van der Waals surface area (Å²) in [6, 6.07) is 15.4. The standard InChI is InChI=1S/C18H18Cl2O2S/c1-18(2,3)14-11-9-13(10-12-14)16(19)17(20)23(21,22)15-7-5-4-6-8-15/h4-12H,1-3H3/b17-16+. The molecule has 0 aliphatic rings. The van der Waals surface area contributed by atoms with E-state index in [0.717, 1.165) is 5.56 Å². The van der Waals surface area contributed by atoms with Gasteiger partial charge >= 0.3 is 0 Å². The molecule has 2 aromatic carbocycles. The maximum atomic E-state index is 12.5. The molecule has 23 heavy (non-hydrogen) atoms. The van der Waals surface area contributed by atoms with Gasteiger partial charge < -0.3 is 0 Å². The second-order valence-electron chi connectivity index (χ2n) is 6.23. The van der Waals surface area contributed by atoms with Gasteiger partial charge in [-0.1, -0.05) is 86.4 Å². The summed E-state index contributed by atoms with van der Waals surface area (Å²) in [5.41, 5.74) is 1.71. The van der Waals surface area contributed by atoms with Crippen LogP contribution in [-0.2, 0) is 15.3 Å². The van der Waals surface area contributed by atoms with Gasteiger partial charge in [0.05, 0.1) is 9.93 Å². The summed E-state index contributed by atoms with van der Waals surface area (Å²) < 4.78 is 24.6. The predicted octanol–water partition coefficient (Wildman–Crippen LogP) is 5.56. The topological polar surface area (TPSA) is 34.1 Å². The highest BCUT2D eigenvalue weighted by molar-refractivity contribution is 7.97. The maximum Gasteiger partial charge on any atom is 0.218 e. The smallest absolute Gasteiger partial charge is 0.218 e. The SMILES string of the molecule is CC(C)(C)c1ccc(/C(Cl)=C(/Cl)S(=O)(=O)c2ccccc2)cc1. The van der Waals surface area contributed by atoms with Crippen molar-refractivity contribution in [2.75, 3.05) is 0 Å². The Bertz CT molecular complexity index is 816. The van der Waals surface area contributed by atoms with Crippen LogP contribution in [0.4, 0.5) is 0 Å². The van der Waals surface area contributed by atoms with Crippen LogP contribution >= 0.6 is 23.2 Å². The molecule has 2 aromatic rings. The van der Waals surface area contributed by atoms with Crippen molar-refractivity contribution >= 4 is 38.1 Å². The first kappa shape index (κ1) is 18.1. The number of halogens is 2. The molecule has 0 saturated carbocycles. The van der Waals surface area contributed by atoms with Gasteiger partial charge in [0.15, 0.2) is 4.36 Å². The molecule has 0 radical (unpaired) electrons. The highest BCUT2D eigenvalue weighted by atomic mass is 35.5. The fourth-order valence-electron chi connectivity index (χ4n) is 2.05. The zero-order chi connectivity index (χ0) is 17.3. The molecule has 5 heteroatoms. The van der Waals surface area contributed by atoms with E-state index in [1.54, 1.807) is 30.3 Å². The number of benzene rings is 2. The molecule has 0 aliphatic heterocycles. The lowest BCUT2D eigenvalue weighted by Gasteiger charge is -2.19. The lowest BCUT2D eigenvalue weighted by atomic mass is 9.87. The molecular weight excluding hydrogens is 351 g/mol. The van der Waals surface area contributed by atoms with E-state index in [2.05, 4.69) is 20.8 Å². The van der Waals surface area contributed by atoms with E-state index in [1.807, 2.05) is 12.1 Å². The summed E-state index contributed by atoms with van der Waals surface area (Å²) in [5.74, 6) is 0. The van der Waals surface area contributed by atoms with Gasteiger partial charge in [-0.25, -0.2) is 8.42 Å². The fourth-order valence-corrected chi connectivity index (χ4v) is 3.93. The third-order valence-electron chi connectivity index (χ3n) is 3.47. The van der Waals surface area contributed by atoms with Crippen molar-refractivity contribution in [1.29, 1.82) is 0 Å². The molecule has 0 atom stereocenters. The average molecular weight is 369 g/mol. The molecule has 0 spiro atoms. The van der Waals surface area contributed by atoms with E-state index in [0.29, 0.717) is 5.56 Å². The monoisotopic (exact) mass is 368 g/mol. The van der Waals surface area contributed by atoms with Crippen molar-refractivity contribution in [2.24, 2.45) is 0 Å². The van der Waals surface area contributed by atoms with Gasteiger partial charge in [-0.15, -0.1) is 0 Å².